The van der Waals surface area contributed by atoms with Gasteiger partial charge in [0.05, 0.1) is 5.41 Å². The molecule has 1 rings (SSSR count). The van der Waals surface area contributed by atoms with Gasteiger partial charge in [0.2, 0.25) is 0 Å². The zero-order chi connectivity index (χ0) is 13.3. The van der Waals surface area contributed by atoms with Crippen LogP contribution in [0.3, 0.4) is 0 Å². The fourth-order valence-corrected chi connectivity index (χ4v) is 2.55. The van der Waals surface area contributed by atoms with E-state index in [1.54, 1.807) is 0 Å². The third-order valence-electron chi connectivity index (χ3n) is 2.46. The van der Waals surface area contributed by atoms with E-state index in [1.807, 2.05) is 58.9 Å². The summed E-state index contributed by atoms with van der Waals surface area (Å²) in [6.07, 6.45) is 0. The molecule has 0 fully saturated rings. The first-order chi connectivity index (χ1) is 7.64. The highest BCUT2D eigenvalue weighted by atomic mass is 127. The molecule has 0 aliphatic heterocycles. The number of carbonyl (C=O) groups excluding carboxylic acids is 1. The second-order valence-electron chi connectivity index (χ2n) is 5.61. The Morgan fingerprint density at radius 2 is 1.65 bits per heavy atom. The van der Waals surface area contributed by atoms with Gasteiger partial charge in [-0.05, 0) is 68.8 Å². The van der Waals surface area contributed by atoms with Crippen LogP contribution in [0.2, 0.25) is 0 Å². The van der Waals surface area contributed by atoms with Gasteiger partial charge in [-0.3, -0.25) is 4.79 Å². The molecule has 1 aromatic rings. The third kappa shape index (κ3) is 3.69. The number of halogens is 1. The quantitative estimate of drug-likeness (QED) is 0.600. The second kappa shape index (κ2) is 4.96. The molecule has 0 spiro atoms. The minimum atomic E-state index is -0.620. The Labute approximate surface area is 117 Å². The number of rotatable bonds is 2. The van der Waals surface area contributed by atoms with E-state index in [0.717, 1.165) is 9.13 Å². The highest BCUT2D eigenvalue weighted by Gasteiger charge is 2.35. The summed E-state index contributed by atoms with van der Waals surface area (Å²) >= 11 is 2.25. The van der Waals surface area contributed by atoms with Crippen molar-refractivity contribution >= 4 is 28.6 Å². The van der Waals surface area contributed by atoms with Crippen molar-refractivity contribution in [1.29, 1.82) is 0 Å². The monoisotopic (exact) mass is 346 g/mol. The van der Waals surface area contributed by atoms with E-state index in [0.29, 0.717) is 0 Å². The summed E-state index contributed by atoms with van der Waals surface area (Å²) in [4.78, 5) is 12.2. The van der Waals surface area contributed by atoms with Gasteiger partial charge in [-0.15, -0.1) is 0 Å². The molecule has 94 valence electrons. The number of carbonyl (C=O) groups is 1. The number of esters is 1. The summed E-state index contributed by atoms with van der Waals surface area (Å²) in [6.45, 7) is 9.46. The first-order valence-electron chi connectivity index (χ1n) is 5.63. The van der Waals surface area contributed by atoms with E-state index in [-0.39, 0.29) is 5.97 Å². The van der Waals surface area contributed by atoms with Gasteiger partial charge in [0.1, 0.15) is 5.60 Å². The molecule has 0 unspecified atom stereocenters. The van der Waals surface area contributed by atoms with Crippen molar-refractivity contribution in [2.45, 2.75) is 45.6 Å². The van der Waals surface area contributed by atoms with Crippen LogP contribution < -0.4 is 0 Å². The second-order valence-corrected chi connectivity index (χ2v) is 6.77. The molecule has 17 heavy (non-hydrogen) atoms. The summed E-state index contributed by atoms with van der Waals surface area (Å²) in [6, 6.07) is 7.90. The van der Waals surface area contributed by atoms with Gasteiger partial charge in [0.25, 0.3) is 0 Å². The lowest BCUT2D eigenvalue weighted by molar-refractivity contribution is -0.160. The topological polar surface area (TPSA) is 26.3 Å². The molecule has 0 bridgehead atoms. The summed E-state index contributed by atoms with van der Waals surface area (Å²) < 4.78 is 6.55. The maximum atomic E-state index is 12.2. The normalized spacial score (nSPS) is 12.4. The Balaban J connectivity index is 3.03. The average Bonchev–Trinajstić information content (AvgIpc) is 2.15. The van der Waals surface area contributed by atoms with E-state index in [2.05, 4.69) is 22.6 Å². The van der Waals surface area contributed by atoms with Gasteiger partial charge in [-0.2, -0.15) is 0 Å². The van der Waals surface area contributed by atoms with Crippen LogP contribution in [-0.2, 0) is 14.9 Å². The minimum Gasteiger partial charge on any atom is -0.459 e. The van der Waals surface area contributed by atoms with Crippen LogP contribution in [0.25, 0.3) is 0 Å². The van der Waals surface area contributed by atoms with Crippen molar-refractivity contribution in [3.63, 3.8) is 0 Å². The molecule has 0 heterocycles. The lowest BCUT2D eigenvalue weighted by Gasteiger charge is -2.29. The average molecular weight is 346 g/mol. The van der Waals surface area contributed by atoms with Crippen LogP contribution in [0.5, 0.6) is 0 Å². The zero-order valence-corrected chi connectivity index (χ0v) is 13.2. The first-order valence-corrected chi connectivity index (χ1v) is 6.71. The number of hydrogen-bond donors (Lipinski definition) is 0. The van der Waals surface area contributed by atoms with Gasteiger partial charge < -0.3 is 4.74 Å². The molecule has 0 N–H and O–H groups in total. The molecule has 0 aliphatic carbocycles. The van der Waals surface area contributed by atoms with Gasteiger partial charge >= 0.3 is 5.97 Å². The van der Waals surface area contributed by atoms with Crippen molar-refractivity contribution in [3.05, 3.63) is 33.4 Å². The zero-order valence-electron chi connectivity index (χ0n) is 11.0. The third-order valence-corrected chi connectivity index (χ3v) is 3.40. The summed E-state index contributed by atoms with van der Waals surface area (Å²) in [5, 5.41) is 0. The standard InChI is InChI=1S/C14H19IO2/c1-13(2,3)17-12(16)14(4,5)10-8-6-7-9-11(10)15/h6-9H,1-5H3. The van der Waals surface area contributed by atoms with Crippen molar-refractivity contribution in [2.75, 3.05) is 0 Å². The Hall–Kier alpha value is -0.580. The molecular formula is C14H19IO2. The van der Waals surface area contributed by atoms with Gasteiger partial charge in [0, 0.05) is 3.57 Å². The molecule has 0 saturated heterocycles. The molecule has 2 nitrogen and oxygen atoms in total. The van der Waals surface area contributed by atoms with Crippen molar-refractivity contribution < 1.29 is 9.53 Å². The van der Waals surface area contributed by atoms with Crippen molar-refractivity contribution in [2.24, 2.45) is 0 Å². The van der Waals surface area contributed by atoms with Gasteiger partial charge in [-0.1, -0.05) is 18.2 Å². The van der Waals surface area contributed by atoms with Crippen molar-refractivity contribution in [3.8, 4) is 0 Å². The molecule has 3 heteroatoms. The predicted octanol–water partition coefficient (Wildman–Crippen LogP) is 3.91. The van der Waals surface area contributed by atoms with E-state index in [1.165, 1.54) is 0 Å². The highest BCUT2D eigenvalue weighted by Crippen LogP contribution is 2.30. The molecule has 0 saturated carbocycles. The fraction of sp³-hybridized carbons (Fsp3) is 0.500. The maximum Gasteiger partial charge on any atom is 0.316 e. The highest BCUT2D eigenvalue weighted by molar-refractivity contribution is 14.1. The van der Waals surface area contributed by atoms with E-state index in [4.69, 9.17) is 4.74 Å². The Morgan fingerprint density at radius 1 is 1.12 bits per heavy atom. The molecule has 0 atom stereocenters. The van der Waals surface area contributed by atoms with Crippen LogP contribution in [0.4, 0.5) is 0 Å². The van der Waals surface area contributed by atoms with Crippen LogP contribution in [0.1, 0.15) is 40.2 Å². The van der Waals surface area contributed by atoms with Crippen LogP contribution in [0, 0.1) is 3.57 Å². The van der Waals surface area contributed by atoms with E-state index in [9.17, 15) is 4.79 Å². The largest absolute Gasteiger partial charge is 0.459 e. The molecule has 1 aromatic carbocycles. The fourth-order valence-electron chi connectivity index (χ4n) is 1.48. The molecular weight excluding hydrogens is 327 g/mol. The molecule has 0 amide bonds. The van der Waals surface area contributed by atoms with Crippen LogP contribution >= 0.6 is 22.6 Å². The summed E-state index contributed by atoms with van der Waals surface area (Å²) in [7, 11) is 0. The van der Waals surface area contributed by atoms with Crippen LogP contribution in [0.15, 0.2) is 24.3 Å². The molecule has 0 radical (unpaired) electrons. The van der Waals surface area contributed by atoms with Crippen molar-refractivity contribution in [1.82, 2.24) is 0 Å². The lowest BCUT2D eigenvalue weighted by atomic mass is 9.84. The summed E-state index contributed by atoms with van der Waals surface area (Å²) in [5.74, 6) is -0.186. The Morgan fingerprint density at radius 3 is 2.12 bits per heavy atom. The molecule has 0 aliphatic rings. The SMILES string of the molecule is CC(C)(C)OC(=O)C(C)(C)c1ccccc1I. The smallest absolute Gasteiger partial charge is 0.316 e. The Kier molecular flexibility index (Phi) is 4.23. The number of hydrogen-bond acceptors (Lipinski definition) is 2. The maximum absolute atomic E-state index is 12.2. The number of benzene rings is 1. The van der Waals surface area contributed by atoms with E-state index >= 15 is 0 Å². The number of ether oxygens (including phenoxy) is 1. The minimum absolute atomic E-state index is 0.186. The Bertz CT molecular complexity index is 416. The van der Waals surface area contributed by atoms with E-state index < -0.39 is 11.0 Å². The molecule has 0 aromatic heterocycles. The first kappa shape index (κ1) is 14.5. The van der Waals surface area contributed by atoms with Gasteiger partial charge in [0.15, 0.2) is 0 Å². The van der Waals surface area contributed by atoms with Gasteiger partial charge in [-0.25, -0.2) is 0 Å². The van der Waals surface area contributed by atoms with Crippen LogP contribution in [-0.4, -0.2) is 11.6 Å². The lowest BCUT2D eigenvalue weighted by Crippen LogP contribution is -2.37. The summed E-state index contributed by atoms with van der Waals surface area (Å²) in [5.41, 5.74) is -0.0607. The predicted molar refractivity (Wildman–Crippen MR) is 78.0 cm³/mol.